The topological polar surface area (TPSA) is 60.4 Å². The van der Waals surface area contributed by atoms with Gasteiger partial charge in [-0.2, -0.15) is 0 Å². The van der Waals surface area contributed by atoms with E-state index in [0.29, 0.717) is 18.4 Å². The minimum absolute atomic E-state index is 0. The molecule has 2 saturated heterocycles. The van der Waals surface area contributed by atoms with Crippen molar-refractivity contribution >= 4 is 35.8 Å². The molecule has 1 aromatic rings. The maximum Gasteiger partial charge on any atom is 0.236 e. The third-order valence-corrected chi connectivity index (χ3v) is 6.87. The first-order valence-corrected chi connectivity index (χ1v) is 12.5. The average Bonchev–Trinajstić information content (AvgIpc) is 3.12. The number of rotatable bonds is 5. The molecule has 4 rings (SSSR count). The largest absolute Gasteiger partial charge is 0.493 e. The number of carbonyl (C=O) groups excluding carboxylic acids is 1. The minimum Gasteiger partial charge on any atom is -0.493 e. The van der Waals surface area contributed by atoms with Crippen molar-refractivity contribution in [2.45, 2.75) is 44.9 Å². The second-order valence-electron chi connectivity index (χ2n) is 9.12. The van der Waals surface area contributed by atoms with E-state index in [4.69, 9.17) is 9.73 Å². The molecule has 1 atom stereocenters. The van der Waals surface area contributed by atoms with Gasteiger partial charge in [0, 0.05) is 58.3 Å². The van der Waals surface area contributed by atoms with Crippen LogP contribution in [0.5, 0.6) is 5.75 Å². The molecular weight excluding hydrogens is 529 g/mol. The highest BCUT2D eigenvalue weighted by atomic mass is 127. The number of fused-ring (bicyclic) bond motifs is 1. The van der Waals surface area contributed by atoms with Crippen molar-refractivity contribution in [3.8, 4) is 5.75 Å². The van der Waals surface area contributed by atoms with E-state index in [0.717, 1.165) is 89.9 Å². The fourth-order valence-corrected chi connectivity index (χ4v) is 4.96. The number of guanidine groups is 1. The molecule has 0 aliphatic carbocycles. The van der Waals surface area contributed by atoms with E-state index in [9.17, 15) is 4.79 Å². The third kappa shape index (κ3) is 7.21. The van der Waals surface area contributed by atoms with Gasteiger partial charge in [0.15, 0.2) is 5.96 Å². The van der Waals surface area contributed by atoms with Crippen LogP contribution in [0.3, 0.4) is 0 Å². The number of likely N-dealkylation sites (tertiary alicyclic amines) is 1. The molecule has 7 nitrogen and oxygen atoms in total. The Bertz CT molecular complexity index is 774. The lowest BCUT2D eigenvalue weighted by Gasteiger charge is -2.37. The zero-order valence-corrected chi connectivity index (χ0v) is 22.3. The number of ether oxygens (including phenoxy) is 1. The molecule has 3 heterocycles. The first-order chi connectivity index (χ1) is 15.7. The molecule has 0 saturated carbocycles. The van der Waals surface area contributed by atoms with Gasteiger partial charge < -0.3 is 19.9 Å². The normalized spacial score (nSPS) is 22.0. The van der Waals surface area contributed by atoms with Crippen molar-refractivity contribution < 1.29 is 9.53 Å². The lowest BCUT2D eigenvalue weighted by molar-refractivity contribution is -0.132. The van der Waals surface area contributed by atoms with Crippen molar-refractivity contribution in [3.63, 3.8) is 0 Å². The number of piperazine rings is 1. The first-order valence-electron chi connectivity index (χ1n) is 12.5. The number of para-hydroxylation sites is 1. The number of carbonyl (C=O) groups is 1. The maximum absolute atomic E-state index is 12.7. The zero-order chi connectivity index (χ0) is 22.2. The standard InChI is InChI=1S/C25H39N5O2.HI/c1-2-26-25(27-19-21-11-18-32-23-10-6-5-9-22(21)23)30-16-14-28(15-17-30)20-24(31)29-12-7-3-4-8-13-29;/h5-6,9-10,21H,2-4,7-8,11-20H2,1H3,(H,26,27);1H. The van der Waals surface area contributed by atoms with Crippen molar-refractivity contribution in [2.75, 3.05) is 65.5 Å². The van der Waals surface area contributed by atoms with Crippen LogP contribution in [0.15, 0.2) is 29.3 Å². The average molecular weight is 570 g/mol. The number of hydrogen-bond donors (Lipinski definition) is 1. The van der Waals surface area contributed by atoms with Gasteiger partial charge in [0.05, 0.1) is 13.2 Å². The molecule has 1 unspecified atom stereocenters. The fourth-order valence-electron chi connectivity index (χ4n) is 4.96. The number of hydrogen-bond acceptors (Lipinski definition) is 4. The van der Waals surface area contributed by atoms with Gasteiger partial charge in [0.1, 0.15) is 5.75 Å². The summed E-state index contributed by atoms with van der Waals surface area (Å²) in [6.45, 7) is 10.6. The Hall–Kier alpha value is -1.55. The summed E-state index contributed by atoms with van der Waals surface area (Å²) in [6, 6.07) is 8.34. The molecule has 33 heavy (non-hydrogen) atoms. The highest BCUT2D eigenvalue weighted by Gasteiger charge is 2.25. The van der Waals surface area contributed by atoms with Crippen molar-refractivity contribution in [1.29, 1.82) is 0 Å². The Morgan fingerprint density at radius 2 is 1.76 bits per heavy atom. The molecule has 1 aromatic carbocycles. The minimum atomic E-state index is 0. The van der Waals surface area contributed by atoms with Crippen molar-refractivity contribution in [2.24, 2.45) is 4.99 Å². The molecule has 1 amide bonds. The van der Waals surface area contributed by atoms with Gasteiger partial charge in [-0.05, 0) is 37.8 Å². The quantitative estimate of drug-likeness (QED) is 0.336. The number of benzene rings is 1. The van der Waals surface area contributed by atoms with Crippen LogP contribution in [-0.2, 0) is 4.79 Å². The Balaban J connectivity index is 0.00000306. The van der Waals surface area contributed by atoms with Gasteiger partial charge >= 0.3 is 0 Å². The summed E-state index contributed by atoms with van der Waals surface area (Å²) in [4.78, 5) is 24.5. The number of amides is 1. The molecule has 1 N–H and O–H groups in total. The summed E-state index contributed by atoms with van der Waals surface area (Å²) >= 11 is 0. The molecule has 2 fully saturated rings. The van der Waals surface area contributed by atoms with Crippen LogP contribution < -0.4 is 10.1 Å². The Morgan fingerprint density at radius 3 is 2.48 bits per heavy atom. The second-order valence-corrected chi connectivity index (χ2v) is 9.12. The van der Waals surface area contributed by atoms with Crippen LogP contribution in [0, 0.1) is 0 Å². The summed E-state index contributed by atoms with van der Waals surface area (Å²) in [5, 5.41) is 3.48. The lowest BCUT2D eigenvalue weighted by Crippen LogP contribution is -2.54. The first kappa shape index (κ1) is 26.1. The van der Waals surface area contributed by atoms with Crippen LogP contribution in [0.25, 0.3) is 0 Å². The van der Waals surface area contributed by atoms with Crippen LogP contribution in [0.2, 0.25) is 0 Å². The lowest BCUT2D eigenvalue weighted by atomic mass is 9.93. The summed E-state index contributed by atoms with van der Waals surface area (Å²) in [6.07, 6.45) is 5.83. The number of aliphatic imine (C=N–C) groups is 1. The zero-order valence-electron chi connectivity index (χ0n) is 20.0. The SMILES string of the molecule is CCNC(=NCC1CCOc2ccccc21)N1CCN(CC(=O)N2CCCCCC2)CC1.I. The van der Waals surface area contributed by atoms with Crippen LogP contribution in [-0.4, -0.2) is 92.1 Å². The van der Waals surface area contributed by atoms with Gasteiger partial charge in [-0.1, -0.05) is 31.0 Å². The molecule has 3 aliphatic rings. The van der Waals surface area contributed by atoms with Gasteiger partial charge in [-0.3, -0.25) is 14.7 Å². The van der Waals surface area contributed by atoms with Gasteiger partial charge in [-0.25, -0.2) is 0 Å². The molecule has 0 spiro atoms. The van der Waals surface area contributed by atoms with Gasteiger partial charge in [0.2, 0.25) is 5.91 Å². The molecule has 0 aromatic heterocycles. The molecule has 8 heteroatoms. The van der Waals surface area contributed by atoms with E-state index in [2.05, 4.69) is 45.1 Å². The van der Waals surface area contributed by atoms with E-state index in [1.54, 1.807) is 0 Å². The van der Waals surface area contributed by atoms with Crippen LogP contribution in [0.4, 0.5) is 0 Å². The highest BCUT2D eigenvalue weighted by Crippen LogP contribution is 2.33. The summed E-state index contributed by atoms with van der Waals surface area (Å²) in [7, 11) is 0. The monoisotopic (exact) mass is 569 g/mol. The van der Waals surface area contributed by atoms with E-state index >= 15 is 0 Å². The molecule has 3 aliphatic heterocycles. The van der Waals surface area contributed by atoms with Crippen molar-refractivity contribution in [1.82, 2.24) is 20.0 Å². The van der Waals surface area contributed by atoms with E-state index in [-0.39, 0.29) is 24.0 Å². The smallest absolute Gasteiger partial charge is 0.236 e. The highest BCUT2D eigenvalue weighted by molar-refractivity contribution is 14.0. The van der Waals surface area contributed by atoms with Crippen molar-refractivity contribution in [3.05, 3.63) is 29.8 Å². The summed E-state index contributed by atoms with van der Waals surface area (Å²) < 4.78 is 5.81. The number of nitrogens with zero attached hydrogens (tertiary/aromatic N) is 4. The summed E-state index contributed by atoms with van der Waals surface area (Å²) in [5.74, 6) is 2.71. The number of nitrogens with one attached hydrogen (secondary N) is 1. The molecular formula is C25H40IN5O2. The second kappa shape index (κ2) is 13.4. The van der Waals surface area contributed by atoms with Crippen LogP contribution >= 0.6 is 24.0 Å². The van der Waals surface area contributed by atoms with E-state index < -0.39 is 0 Å². The molecule has 0 radical (unpaired) electrons. The van der Waals surface area contributed by atoms with Gasteiger partial charge in [0.25, 0.3) is 0 Å². The Labute approximate surface area is 215 Å². The molecule has 184 valence electrons. The maximum atomic E-state index is 12.7. The Kier molecular flexibility index (Phi) is 10.6. The fraction of sp³-hybridized carbons (Fsp3) is 0.680. The van der Waals surface area contributed by atoms with E-state index in [1.165, 1.54) is 18.4 Å². The van der Waals surface area contributed by atoms with Crippen LogP contribution in [0.1, 0.15) is 50.5 Å². The Morgan fingerprint density at radius 1 is 1.03 bits per heavy atom. The van der Waals surface area contributed by atoms with Gasteiger partial charge in [-0.15, -0.1) is 24.0 Å². The number of halogens is 1. The predicted molar refractivity (Wildman–Crippen MR) is 144 cm³/mol. The predicted octanol–water partition coefficient (Wildman–Crippen LogP) is 3.16. The third-order valence-electron chi connectivity index (χ3n) is 6.87. The van der Waals surface area contributed by atoms with E-state index in [1.807, 2.05) is 6.07 Å². The summed E-state index contributed by atoms with van der Waals surface area (Å²) in [5.41, 5.74) is 1.27. The molecule has 0 bridgehead atoms.